The van der Waals surface area contributed by atoms with Crippen LogP contribution in [0.4, 0.5) is 5.13 Å². The van der Waals surface area contributed by atoms with E-state index in [-0.39, 0.29) is 12.5 Å². The van der Waals surface area contributed by atoms with E-state index in [1.54, 1.807) is 4.57 Å². The highest BCUT2D eigenvalue weighted by Crippen LogP contribution is 2.30. The molecule has 2 aromatic carbocycles. The molecule has 2 aromatic heterocycles. The molecule has 0 saturated carbocycles. The summed E-state index contributed by atoms with van der Waals surface area (Å²) in [6.07, 6.45) is 2.19. The summed E-state index contributed by atoms with van der Waals surface area (Å²) in [4.78, 5) is 18.5. The van der Waals surface area contributed by atoms with Crippen molar-refractivity contribution in [3.8, 4) is 22.6 Å². The first-order valence-electron chi connectivity index (χ1n) is 10.5. The van der Waals surface area contributed by atoms with Gasteiger partial charge in [-0.3, -0.25) is 14.5 Å². The van der Waals surface area contributed by atoms with Crippen molar-refractivity contribution in [2.75, 3.05) is 5.32 Å². The molecule has 2 heterocycles. The first-order valence-corrected chi connectivity index (χ1v) is 11.8. The molecule has 8 heteroatoms. The summed E-state index contributed by atoms with van der Waals surface area (Å²) in [5.41, 5.74) is 5.32. The van der Waals surface area contributed by atoms with Crippen molar-refractivity contribution in [2.45, 2.75) is 40.2 Å². The number of carbonyl (C=O) groups excluding carboxylic acids is 1. The van der Waals surface area contributed by atoms with E-state index < -0.39 is 0 Å². The number of amides is 1. The fourth-order valence-electron chi connectivity index (χ4n) is 3.53. The van der Waals surface area contributed by atoms with Crippen LogP contribution in [0.1, 0.15) is 29.3 Å². The normalized spacial score (nSPS) is 11.0. The maximum absolute atomic E-state index is 12.8. The molecule has 0 aliphatic heterocycles. The van der Waals surface area contributed by atoms with Crippen LogP contribution >= 0.6 is 23.6 Å². The molecule has 0 unspecified atom stereocenters. The molecule has 4 aromatic rings. The van der Waals surface area contributed by atoms with E-state index >= 15 is 0 Å². The van der Waals surface area contributed by atoms with E-state index in [1.807, 2.05) is 38.1 Å². The number of carbonyl (C=O) groups is 1. The van der Waals surface area contributed by atoms with Crippen LogP contribution < -0.4 is 5.32 Å². The van der Waals surface area contributed by atoms with E-state index in [2.05, 4.69) is 51.7 Å². The van der Waals surface area contributed by atoms with Crippen LogP contribution in [-0.4, -0.2) is 25.7 Å². The summed E-state index contributed by atoms with van der Waals surface area (Å²) >= 11 is 6.82. The van der Waals surface area contributed by atoms with E-state index in [0.717, 1.165) is 40.1 Å². The van der Waals surface area contributed by atoms with Crippen LogP contribution in [0, 0.1) is 18.6 Å². The number of H-pyrrole nitrogens is 1. The smallest absolute Gasteiger partial charge is 0.246 e. The number of nitrogens with one attached hydrogen (secondary N) is 2. The Hall–Kier alpha value is -3.10. The van der Waals surface area contributed by atoms with Gasteiger partial charge < -0.3 is 5.32 Å². The second-order valence-electron chi connectivity index (χ2n) is 7.72. The van der Waals surface area contributed by atoms with Gasteiger partial charge in [-0.2, -0.15) is 5.10 Å². The van der Waals surface area contributed by atoms with Gasteiger partial charge in [0.25, 0.3) is 0 Å². The fraction of sp³-hybridized carbons (Fsp3) is 0.250. The van der Waals surface area contributed by atoms with Crippen LogP contribution in [-0.2, 0) is 17.8 Å². The molecular weight excluding hydrogens is 438 g/mol. The quantitative estimate of drug-likeness (QED) is 0.333. The van der Waals surface area contributed by atoms with Gasteiger partial charge in [-0.25, -0.2) is 4.98 Å². The molecule has 0 bridgehead atoms. The molecule has 0 atom stereocenters. The minimum atomic E-state index is -0.200. The molecule has 1 amide bonds. The van der Waals surface area contributed by atoms with Gasteiger partial charge in [0.2, 0.25) is 5.91 Å². The molecule has 32 heavy (non-hydrogen) atoms. The van der Waals surface area contributed by atoms with Gasteiger partial charge in [-0.15, -0.1) is 11.3 Å². The molecule has 2 N–H and O–H groups in total. The lowest BCUT2D eigenvalue weighted by molar-refractivity contribution is -0.116. The summed E-state index contributed by atoms with van der Waals surface area (Å²) in [5, 5.41) is 10.6. The van der Waals surface area contributed by atoms with Crippen molar-refractivity contribution < 1.29 is 4.79 Å². The van der Waals surface area contributed by atoms with Crippen LogP contribution in [0.3, 0.4) is 0 Å². The Bertz CT molecular complexity index is 1280. The first-order chi connectivity index (χ1) is 15.4. The second-order valence-corrected chi connectivity index (χ2v) is 9.31. The van der Waals surface area contributed by atoms with E-state index in [0.29, 0.717) is 15.7 Å². The van der Waals surface area contributed by atoms with Crippen molar-refractivity contribution in [3.05, 3.63) is 69.3 Å². The summed E-state index contributed by atoms with van der Waals surface area (Å²) < 4.78 is 2.10. The van der Waals surface area contributed by atoms with Crippen LogP contribution in [0.25, 0.3) is 22.6 Å². The zero-order valence-corrected chi connectivity index (χ0v) is 19.9. The molecule has 0 fully saturated rings. The van der Waals surface area contributed by atoms with Gasteiger partial charge in [-0.1, -0.05) is 67.4 Å². The largest absolute Gasteiger partial charge is 0.300 e. The molecule has 0 radical (unpaired) electrons. The van der Waals surface area contributed by atoms with Crippen molar-refractivity contribution in [1.82, 2.24) is 19.7 Å². The number of benzene rings is 2. The predicted octanol–water partition coefficient (Wildman–Crippen LogP) is 5.94. The lowest BCUT2D eigenvalue weighted by Crippen LogP contribution is -2.19. The highest BCUT2D eigenvalue weighted by Gasteiger charge is 2.15. The topological polar surface area (TPSA) is 75.6 Å². The number of hydrogen-bond donors (Lipinski definition) is 2. The van der Waals surface area contributed by atoms with E-state index in [9.17, 15) is 4.79 Å². The lowest BCUT2D eigenvalue weighted by atomic mass is 10.1. The Morgan fingerprint density at radius 2 is 1.78 bits per heavy atom. The Morgan fingerprint density at radius 3 is 2.47 bits per heavy atom. The van der Waals surface area contributed by atoms with Crippen LogP contribution in [0.15, 0.2) is 48.5 Å². The summed E-state index contributed by atoms with van der Waals surface area (Å²) in [7, 11) is 0. The number of rotatable bonds is 7. The lowest BCUT2D eigenvalue weighted by Gasteiger charge is -2.07. The zero-order chi connectivity index (χ0) is 22.7. The maximum atomic E-state index is 12.8. The third kappa shape index (κ3) is 4.87. The summed E-state index contributed by atoms with van der Waals surface area (Å²) in [5.74, 6) is 0.433. The molecular formula is C24H25N5OS2. The highest BCUT2D eigenvalue weighted by atomic mass is 32.1. The second kappa shape index (κ2) is 9.58. The van der Waals surface area contributed by atoms with Crippen molar-refractivity contribution in [3.63, 3.8) is 0 Å². The van der Waals surface area contributed by atoms with Gasteiger partial charge in [0.05, 0.1) is 5.69 Å². The summed E-state index contributed by atoms with van der Waals surface area (Å²) in [6.45, 7) is 6.27. The Morgan fingerprint density at radius 1 is 1.09 bits per heavy atom. The highest BCUT2D eigenvalue weighted by molar-refractivity contribution is 7.71. The number of nitrogens with zero attached hydrogens (tertiary/aromatic N) is 3. The Labute approximate surface area is 196 Å². The van der Waals surface area contributed by atoms with Crippen LogP contribution in [0.5, 0.6) is 0 Å². The van der Waals surface area contributed by atoms with Gasteiger partial charge in [-0.05, 0) is 38.0 Å². The fourth-order valence-corrected chi connectivity index (χ4v) is 4.57. The molecule has 0 saturated heterocycles. The van der Waals surface area contributed by atoms with E-state index in [4.69, 9.17) is 12.2 Å². The zero-order valence-electron chi connectivity index (χ0n) is 18.3. The number of aryl methyl sites for hydroxylation is 3. The third-order valence-electron chi connectivity index (χ3n) is 5.18. The average molecular weight is 464 g/mol. The SMILES string of the molecule is CCCc1ccc(-c2nc(NC(=O)Cn3c(-c4ccc(C)cc4)n[nH]c3=S)sc2C)cc1. The van der Waals surface area contributed by atoms with Gasteiger partial charge >= 0.3 is 0 Å². The standard InChI is InChI=1S/C24H25N5OS2/c1-4-5-17-8-12-18(13-9-17)21-16(3)32-23(26-21)25-20(30)14-29-22(27-28-24(29)31)19-10-6-15(2)7-11-19/h6-13H,4-5,14H2,1-3H3,(H,28,31)(H,25,26,30). The molecule has 0 aliphatic rings. The Balaban J connectivity index is 1.50. The van der Waals surface area contributed by atoms with Crippen LogP contribution in [0.2, 0.25) is 0 Å². The van der Waals surface area contributed by atoms with Crippen molar-refractivity contribution >= 4 is 34.6 Å². The van der Waals surface area contributed by atoms with E-state index in [1.165, 1.54) is 16.9 Å². The monoisotopic (exact) mass is 463 g/mol. The number of hydrogen-bond acceptors (Lipinski definition) is 5. The van der Waals surface area contributed by atoms with Crippen molar-refractivity contribution in [2.24, 2.45) is 0 Å². The minimum absolute atomic E-state index is 0.0538. The molecule has 0 spiro atoms. The minimum Gasteiger partial charge on any atom is -0.300 e. The van der Waals surface area contributed by atoms with Gasteiger partial charge in [0.15, 0.2) is 15.7 Å². The molecule has 0 aliphatic carbocycles. The average Bonchev–Trinajstić information content (AvgIpc) is 3.32. The van der Waals surface area contributed by atoms with Crippen molar-refractivity contribution in [1.29, 1.82) is 0 Å². The number of anilines is 1. The maximum Gasteiger partial charge on any atom is 0.246 e. The molecule has 4 rings (SSSR count). The van der Waals surface area contributed by atoms with Gasteiger partial charge in [0, 0.05) is 16.0 Å². The molecule has 164 valence electrons. The number of thiazole rings is 1. The number of aromatic amines is 1. The molecule has 6 nitrogen and oxygen atoms in total. The first kappa shape index (κ1) is 22.1. The predicted molar refractivity (Wildman–Crippen MR) is 132 cm³/mol. The Kier molecular flexibility index (Phi) is 6.62. The summed E-state index contributed by atoms with van der Waals surface area (Å²) in [6, 6.07) is 16.4. The number of aromatic nitrogens is 4. The van der Waals surface area contributed by atoms with Gasteiger partial charge in [0.1, 0.15) is 6.54 Å². The third-order valence-corrected chi connectivity index (χ3v) is 6.38.